The monoisotopic (exact) mass is 648 g/mol. The van der Waals surface area contributed by atoms with Crippen LogP contribution in [0.15, 0.2) is 87.4 Å². The Hall–Kier alpha value is -3.89. The van der Waals surface area contributed by atoms with Crippen molar-refractivity contribution in [2.75, 3.05) is 40.4 Å². The van der Waals surface area contributed by atoms with Crippen molar-refractivity contribution in [3.8, 4) is 5.75 Å². The molecule has 2 N–H and O–H groups in total. The van der Waals surface area contributed by atoms with E-state index in [1.165, 1.54) is 0 Å². The SMILES string of the molecule is CN(C)CCCNC(=O)[C@]1(Cc2ccccc2Br)N=C(c2ccc(OCCCO)cc2)O[C@@H]1c1ccccc1CN=[N+]=[N-]. The van der Waals surface area contributed by atoms with Gasteiger partial charge in [-0.1, -0.05) is 63.5 Å². The van der Waals surface area contributed by atoms with Crippen molar-refractivity contribution in [1.82, 2.24) is 10.2 Å². The van der Waals surface area contributed by atoms with E-state index in [1.807, 2.05) is 86.9 Å². The smallest absolute Gasteiger partial charge is 0.252 e. The molecule has 1 aliphatic rings. The molecule has 0 radical (unpaired) electrons. The molecule has 43 heavy (non-hydrogen) atoms. The molecule has 0 saturated heterocycles. The van der Waals surface area contributed by atoms with Crippen molar-refractivity contribution in [1.29, 1.82) is 0 Å². The Bertz CT molecular complexity index is 1460. The van der Waals surface area contributed by atoms with Gasteiger partial charge in [0.05, 0.1) is 13.2 Å². The summed E-state index contributed by atoms with van der Waals surface area (Å²) in [5, 5.41) is 16.0. The number of halogens is 1. The summed E-state index contributed by atoms with van der Waals surface area (Å²) >= 11 is 3.66. The molecule has 0 fully saturated rings. The van der Waals surface area contributed by atoms with E-state index in [4.69, 9.17) is 25.1 Å². The maximum absolute atomic E-state index is 14.4. The van der Waals surface area contributed by atoms with E-state index in [0.717, 1.165) is 34.1 Å². The summed E-state index contributed by atoms with van der Waals surface area (Å²) in [6.07, 6.45) is 0.779. The van der Waals surface area contributed by atoms with Crippen molar-refractivity contribution in [3.05, 3.63) is 110 Å². The molecule has 2 atom stereocenters. The van der Waals surface area contributed by atoms with Crippen molar-refractivity contribution in [2.24, 2.45) is 10.1 Å². The van der Waals surface area contributed by atoms with E-state index < -0.39 is 11.6 Å². The number of benzene rings is 3. The number of rotatable bonds is 15. The molecule has 11 heteroatoms. The minimum atomic E-state index is -1.36. The van der Waals surface area contributed by atoms with Gasteiger partial charge in [0.15, 0.2) is 11.6 Å². The lowest BCUT2D eigenvalue weighted by Gasteiger charge is -2.32. The number of hydrogen-bond acceptors (Lipinski definition) is 7. The summed E-state index contributed by atoms with van der Waals surface area (Å²) in [4.78, 5) is 24.5. The van der Waals surface area contributed by atoms with Gasteiger partial charge in [0.25, 0.3) is 5.91 Å². The minimum absolute atomic E-state index is 0.0576. The Morgan fingerprint density at radius 2 is 1.84 bits per heavy atom. The molecule has 3 aromatic rings. The molecule has 0 bridgehead atoms. The number of amides is 1. The van der Waals surface area contributed by atoms with Crippen molar-refractivity contribution in [3.63, 3.8) is 0 Å². The first kappa shape index (κ1) is 32.0. The lowest BCUT2D eigenvalue weighted by atomic mass is 9.80. The fraction of sp³-hybridized carbons (Fsp3) is 0.375. The average molecular weight is 650 g/mol. The van der Waals surface area contributed by atoms with E-state index in [1.54, 1.807) is 0 Å². The topological polar surface area (TPSA) is 132 Å². The van der Waals surface area contributed by atoms with Gasteiger partial charge < -0.3 is 24.8 Å². The van der Waals surface area contributed by atoms with Crippen LogP contribution in [0.4, 0.5) is 0 Å². The van der Waals surface area contributed by atoms with Gasteiger partial charge in [0, 0.05) is 40.9 Å². The molecular weight excluding hydrogens is 612 g/mol. The number of aliphatic hydroxyl groups excluding tert-OH is 1. The zero-order chi connectivity index (χ0) is 30.7. The number of aliphatic imine (C=N–C) groups is 1. The first-order valence-corrected chi connectivity index (χ1v) is 15.0. The van der Waals surface area contributed by atoms with Crippen LogP contribution in [-0.2, 0) is 22.5 Å². The number of hydrogen-bond donors (Lipinski definition) is 2. The van der Waals surface area contributed by atoms with Gasteiger partial charge in [-0.15, -0.1) is 0 Å². The highest BCUT2D eigenvalue weighted by Crippen LogP contribution is 2.44. The molecular formula is C32H37BrN6O4. The summed E-state index contributed by atoms with van der Waals surface area (Å²) < 4.78 is 13.2. The number of nitrogens with one attached hydrogen (secondary N) is 1. The molecule has 10 nitrogen and oxygen atoms in total. The first-order chi connectivity index (χ1) is 20.9. The van der Waals surface area contributed by atoms with Crippen molar-refractivity contribution >= 4 is 27.7 Å². The number of azide groups is 1. The van der Waals surface area contributed by atoms with Crippen LogP contribution in [0, 0.1) is 0 Å². The predicted octanol–water partition coefficient (Wildman–Crippen LogP) is 5.59. The third kappa shape index (κ3) is 8.14. The molecule has 4 rings (SSSR count). The van der Waals surface area contributed by atoms with Crippen LogP contribution in [0.5, 0.6) is 5.75 Å². The Labute approximate surface area is 260 Å². The van der Waals surface area contributed by atoms with Crippen molar-refractivity contribution in [2.45, 2.75) is 37.5 Å². The summed E-state index contributed by atoms with van der Waals surface area (Å²) in [7, 11) is 3.99. The molecule has 0 unspecified atom stereocenters. The number of carbonyl (C=O) groups excluding carboxylic acids is 1. The highest BCUT2D eigenvalue weighted by molar-refractivity contribution is 9.10. The fourth-order valence-corrected chi connectivity index (χ4v) is 5.41. The molecule has 0 aliphatic carbocycles. The van der Waals surface area contributed by atoms with Gasteiger partial charge in [0.1, 0.15) is 5.75 Å². The molecule has 1 heterocycles. The molecule has 1 aliphatic heterocycles. The van der Waals surface area contributed by atoms with Gasteiger partial charge in [0.2, 0.25) is 5.90 Å². The van der Waals surface area contributed by atoms with Crippen LogP contribution in [0.1, 0.15) is 41.2 Å². The zero-order valence-electron chi connectivity index (χ0n) is 24.4. The minimum Gasteiger partial charge on any atom is -0.494 e. The molecule has 0 spiro atoms. The maximum atomic E-state index is 14.4. The normalized spacial score (nSPS) is 17.6. The van der Waals surface area contributed by atoms with Crippen LogP contribution < -0.4 is 10.1 Å². The number of ether oxygens (including phenoxy) is 2. The lowest BCUT2D eigenvalue weighted by molar-refractivity contribution is -0.129. The Kier molecular flexibility index (Phi) is 11.6. The van der Waals surface area contributed by atoms with Gasteiger partial charge in [-0.05, 0) is 79.6 Å². The van der Waals surface area contributed by atoms with Gasteiger partial charge in [-0.25, -0.2) is 4.99 Å². The quantitative estimate of drug-likeness (QED) is 0.0960. The van der Waals surface area contributed by atoms with Gasteiger partial charge in [-0.2, -0.15) is 0 Å². The summed E-state index contributed by atoms with van der Waals surface area (Å²) in [5.41, 5.74) is 10.8. The third-order valence-electron chi connectivity index (χ3n) is 7.16. The van der Waals surface area contributed by atoms with E-state index in [2.05, 4.69) is 36.2 Å². The highest BCUT2D eigenvalue weighted by Gasteiger charge is 2.53. The van der Waals surface area contributed by atoms with Crippen molar-refractivity contribution < 1.29 is 19.4 Å². The Morgan fingerprint density at radius 1 is 1.12 bits per heavy atom. The van der Waals surface area contributed by atoms with Crippen LogP contribution in [-0.4, -0.2) is 67.7 Å². The highest BCUT2D eigenvalue weighted by atomic mass is 79.9. The van der Waals surface area contributed by atoms with Gasteiger partial charge >= 0.3 is 0 Å². The van der Waals surface area contributed by atoms with Crippen LogP contribution in [0.2, 0.25) is 0 Å². The molecule has 0 saturated carbocycles. The van der Waals surface area contributed by atoms with E-state index in [-0.39, 0.29) is 25.5 Å². The largest absolute Gasteiger partial charge is 0.494 e. The van der Waals surface area contributed by atoms with Crippen LogP contribution in [0.25, 0.3) is 10.4 Å². The number of carbonyl (C=O) groups is 1. The Morgan fingerprint density at radius 3 is 2.53 bits per heavy atom. The third-order valence-corrected chi connectivity index (χ3v) is 7.93. The number of nitrogens with zero attached hydrogens (tertiary/aromatic N) is 5. The van der Waals surface area contributed by atoms with Gasteiger partial charge in [-0.3, -0.25) is 4.79 Å². The maximum Gasteiger partial charge on any atom is 0.252 e. The van der Waals surface area contributed by atoms with Crippen LogP contribution in [0.3, 0.4) is 0 Å². The number of aliphatic hydroxyl groups is 1. The van der Waals surface area contributed by atoms with Crippen LogP contribution >= 0.6 is 15.9 Å². The van der Waals surface area contributed by atoms with E-state index in [9.17, 15) is 4.79 Å². The Balaban J connectivity index is 1.80. The second kappa shape index (κ2) is 15.5. The standard InChI is InChI=1S/C32H37BrN6O4/c1-39(2)18-7-17-35-31(41)32(21-24-9-4-6-12-28(24)33)29(27-11-5-3-10-25(27)22-36-38-34)43-30(37-32)23-13-15-26(16-14-23)42-20-8-19-40/h3-6,9-16,29,40H,7-8,17-22H2,1-2H3,(H,35,41)/t29-,32-/m1/s1. The molecule has 226 valence electrons. The van der Waals surface area contributed by atoms with E-state index >= 15 is 0 Å². The fourth-order valence-electron chi connectivity index (χ4n) is 4.98. The second-order valence-corrected chi connectivity index (χ2v) is 11.4. The summed E-state index contributed by atoms with van der Waals surface area (Å²) in [5.74, 6) is 0.746. The average Bonchev–Trinajstić information content (AvgIpc) is 3.40. The molecule has 0 aromatic heterocycles. The summed E-state index contributed by atoms with van der Waals surface area (Å²) in [6.45, 7) is 1.88. The predicted molar refractivity (Wildman–Crippen MR) is 170 cm³/mol. The first-order valence-electron chi connectivity index (χ1n) is 14.2. The lowest BCUT2D eigenvalue weighted by Crippen LogP contribution is -2.50. The summed E-state index contributed by atoms with van der Waals surface area (Å²) in [6, 6.07) is 22.6. The molecule has 3 aromatic carbocycles. The second-order valence-electron chi connectivity index (χ2n) is 10.6. The van der Waals surface area contributed by atoms with E-state index in [0.29, 0.717) is 36.8 Å². The molecule has 1 amide bonds. The zero-order valence-corrected chi connectivity index (χ0v) is 26.0.